The number of hydrogen-bond donors (Lipinski definition) is 1. The quantitative estimate of drug-likeness (QED) is 0.339. The second-order valence-electron chi connectivity index (χ2n) is 8.25. The Morgan fingerprint density at radius 2 is 1.71 bits per heavy atom. The van der Waals surface area contributed by atoms with Gasteiger partial charge in [0.2, 0.25) is 0 Å². The fourth-order valence-electron chi connectivity index (χ4n) is 4.17. The van der Waals surface area contributed by atoms with Gasteiger partial charge in [0.1, 0.15) is 11.4 Å². The van der Waals surface area contributed by atoms with Crippen LogP contribution in [-0.4, -0.2) is 24.6 Å². The van der Waals surface area contributed by atoms with Gasteiger partial charge in [0.15, 0.2) is 5.82 Å². The van der Waals surface area contributed by atoms with Crippen molar-refractivity contribution in [2.75, 3.05) is 0 Å². The predicted molar refractivity (Wildman–Crippen MR) is 140 cm³/mol. The minimum Gasteiger partial charge on any atom is -0.506 e. The SMILES string of the molecule is Cc1nc(-c2ncccc2O)n(CCc2ccccc2)c(=O)c1-c1cc(-c2ccccn2)c(C)s1. The molecule has 5 aromatic rings. The van der Waals surface area contributed by atoms with Gasteiger partial charge in [-0.1, -0.05) is 36.4 Å². The molecule has 0 fully saturated rings. The van der Waals surface area contributed by atoms with Gasteiger partial charge in [-0.15, -0.1) is 11.3 Å². The molecule has 4 heterocycles. The van der Waals surface area contributed by atoms with Crippen LogP contribution in [0.4, 0.5) is 0 Å². The van der Waals surface area contributed by atoms with Crippen molar-refractivity contribution < 1.29 is 5.11 Å². The Hall–Kier alpha value is -4.10. The fourth-order valence-corrected chi connectivity index (χ4v) is 5.29. The second-order valence-corrected chi connectivity index (χ2v) is 9.51. The molecular formula is C28H24N4O2S. The van der Waals surface area contributed by atoms with Crippen LogP contribution >= 0.6 is 11.3 Å². The average molecular weight is 481 g/mol. The van der Waals surface area contributed by atoms with Crippen molar-refractivity contribution in [2.45, 2.75) is 26.8 Å². The summed E-state index contributed by atoms with van der Waals surface area (Å²) in [5.41, 5.74) is 4.30. The molecule has 5 rings (SSSR count). The summed E-state index contributed by atoms with van der Waals surface area (Å²) in [5, 5.41) is 10.5. The van der Waals surface area contributed by atoms with E-state index in [1.165, 1.54) is 0 Å². The normalized spacial score (nSPS) is 11.0. The second kappa shape index (κ2) is 9.64. The number of rotatable bonds is 6. The average Bonchev–Trinajstić information content (AvgIpc) is 3.25. The molecule has 174 valence electrons. The highest BCUT2D eigenvalue weighted by atomic mass is 32.1. The number of aromatic nitrogens is 4. The molecule has 0 radical (unpaired) electrons. The van der Waals surface area contributed by atoms with Crippen molar-refractivity contribution >= 4 is 11.3 Å². The molecule has 0 saturated heterocycles. The standard InChI is InChI=1S/C28H24N4O2S/c1-18-25(24-17-21(19(2)35-24)22-11-6-7-14-29-22)28(34)32(16-13-20-9-4-3-5-10-20)27(31-18)26-23(33)12-8-15-30-26/h3-12,14-15,17,33H,13,16H2,1-2H3. The molecule has 0 unspecified atom stereocenters. The first kappa shape index (κ1) is 22.7. The molecule has 0 spiro atoms. The van der Waals surface area contributed by atoms with Crippen molar-refractivity contribution in [3.63, 3.8) is 0 Å². The number of aryl methyl sites for hydroxylation is 3. The van der Waals surface area contributed by atoms with Gasteiger partial charge in [-0.2, -0.15) is 0 Å². The maximum absolute atomic E-state index is 14.0. The molecule has 0 aliphatic heterocycles. The van der Waals surface area contributed by atoms with E-state index in [1.54, 1.807) is 40.4 Å². The topological polar surface area (TPSA) is 80.9 Å². The molecular weight excluding hydrogens is 456 g/mol. The van der Waals surface area contributed by atoms with Crippen LogP contribution in [0.15, 0.2) is 83.9 Å². The highest BCUT2D eigenvalue weighted by Crippen LogP contribution is 2.36. The van der Waals surface area contributed by atoms with Gasteiger partial charge >= 0.3 is 0 Å². The molecule has 7 heteroatoms. The summed E-state index contributed by atoms with van der Waals surface area (Å²) >= 11 is 1.56. The lowest BCUT2D eigenvalue weighted by atomic mass is 10.1. The maximum atomic E-state index is 14.0. The number of benzene rings is 1. The first-order valence-electron chi connectivity index (χ1n) is 11.3. The van der Waals surface area contributed by atoms with E-state index in [0.29, 0.717) is 35.7 Å². The third-order valence-electron chi connectivity index (χ3n) is 5.92. The third kappa shape index (κ3) is 4.50. The summed E-state index contributed by atoms with van der Waals surface area (Å²) in [4.78, 5) is 29.5. The van der Waals surface area contributed by atoms with Crippen LogP contribution < -0.4 is 5.56 Å². The van der Waals surface area contributed by atoms with E-state index >= 15 is 0 Å². The molecule has 0 amide bonds. The van der Waals surface area contributed by atoms with E-state index in [4.69, 9.17) is 4.98 Å². The predicted octanol–water partition coefficient (Wildman–Crippen LogP) is 5.66. The first-order valence-corrected chi connectivity index (χ1v) is 12.2. The van der Waals surface area contributed by atoms with Gasteiger partial charge in [0.05, 0.1) is 17.0 Å². The maximum Gasteiger partial charge on any atom is 0.262 e. The molecule has 1 N–H and O–H groups in total. The van der Waals surface area contributed by atoms with Crippen LogP contribution in [0.5, 0.6) is 5.75 Å². The Kier molecular flexibility index (Phi) is 6.25. The van der Waals surface area contributed by atoms with Crippen LogP contribution in [0.2, 0.25) is 0 Å². The van der Waals surface area contributed by atoms with E-state index in [1.807, 2.05) is 68.4 Å². The molecule has 1 aromatic carbocycles. The summed E-state index contributed by atoms with van der Waals surface area (Å²) in [5.74, 6) is 0.355. The van der Waals surface area contributed by atoms with Crippen molar-refractivity contribution in [3.8, 4) is 39.0 Å². The smallest absolute Gasteiger partial charge is 0.262 e. The van der Waals surface area contributed by atoms with E-state index in [9.17, 15) is 9.90 Å². The van der Waals surface area contributed by atoms with Crippen molar-refractivity contribution in [2.24, 2.45) is 0 Å². The molecule has 6 nitrogen and oxygen atoms in total. The van der Waals surface area contributed by atoms with Gasteiger partial charge in [-0.25, -0.2) is 9.97 Å². The van der Waals surface area contributed by atoms with Crippen LogP contribution in [0, 0.1) is 13.8 Å². The molecule has 0 saturated carbocycles. The van der Waals surface area contributed by atoms with Crippen molar-refractivity contribution in [1.82, 2.24) is 19.5 Å². The first-order chi connectivity index (χ1) is 17.0. The highest BCUT2D eigenvalue weighted by Gasteiger charge is 2.22. The summed E-state index contributed by atoms with van der Waals surface area (Å²) in [6.45, 7) is 4.28. The largest absolute Gasteiger partial charge is 0.506 e. The lowest BCUT2D eigenvalue weighted by Gasteiger charge is -2.16. The highest BCUT2D eigenvalue weighted by molar-refractivity contribution is 7.16. The minimum atomic E-state index is -0.151. The fraction of sp³-hybridized carbons (Fsp3) is 0.143. The van der Waals surface area contributed by atoms with Gasteiger partial charge in [-0.05, 0) is 56.2 Å². The van der Waals surface area contributed by atoms with Gasteiger partial charge in [0, 0.05) is 34.3 Å². The summed E-state index contributed by atoms with van der Waals surface area (Å²) in [6, 6.07) is 21.0. The number of pyridine rings is 2. The number of nitrogens with zero attached hydrogens (tertiary/aromatic N) is 4. The van der Waals surface area contributed by atoms with Crippen LogP contribution in [0.1, 0.15) is 16.1 Å². The zero-order valence-electron chi connectivity index (χ0n) is 19.5. The molecule has 35 heavy (non-hydrogen) atoms. The van der Waals surface area contributed by atoms with E-state index in [0.717, 1.165) is 26.6 Å². The van der Waals surface area contributed by atoms with Crippen LogP contribution in [-0.2, 0) is 13.0 Å². The van der Waals surface area contributed by atoms with Gasteiger partial charge < -0.3 is 5.11 Å². The van der Waals surface area contributed by atoms with Crippen LogP contribution in [0.25, 0.3) is 33.2 Å². The molecule has 0 atom stereocenters. The lowest BCUT2D eigenvalue weighted by Crippen LogP contribution is -2.27. The summed E-state index contributed by atoms with van der Waals surface area (Å²) in [7, 11) is 0. The third-order valence-corrected chi connectivity index (χ3v) is 6.99. The molecule has 0 aliphatic rings. The number of thiophene rings is 1. The summed E-state index contributed by atoms with van der Waals surface area (Å²) < 4.78 is 1.63. The molecule has 4 aromatic heterocycles. The zero-order chi connectivity index (χ0) is 24.4. The Bertz CT molecular complexity index is 1540. The Labute approximate surface area is 207 Å². The van der Waals surface area contributed by atoms with Gasteiger partial charge in [0.25, 0.3) is 5.56 Å². The van der Waals surface area contributed by atoms with Crippen molar-refractivity contribution in [1.29, 1.82) is 0 Å². The Balaban J connectivity index is 1.66. The lowest BCUT2D eigenvalue weighted by molar-refractivity contribution is 0.473. The van der Waals surface area contributed by atoms with Gasteiger partial charge in [-0.3, -0.25) is 14.3 Å². The van der Waals surface area contributed by atoms with Crippen molar-refractivity contribution in [3.05, 3.63) is 106 Å². The Morgan fingerprint density at radius 3 is 2.46 bits per heavy atom. The number of aromatic hydroxyl groups is 1. The zero-order valence-corrected chi connectivity index (χ0v) is 20.3. The number of hydrogen-bond acceptors (Lipinski definition) is 6. The Morgan fingerprint density at radius 1 is 0.943 bits per heavy atom. The van der Waals surface area contributed by atoms with E-state index < -0.39 is 0 Å². The van der Waals surface area contributed by atoms with E-state index in [2.05, 4.69) is 9.97 Å². The summed E-state index contributed by atoms with van der Waals surface area (Å²) in [6.07, 6.45) is 4.01. The minimum absolute atomic E-state index is 0.00980. The van der Waals surface area contributed by atoms with Crippen LogP contribution in [0.3, 0.4) is 0 Å². The molecule has 0 bridgehead atoms. The molecule has 0 aliphatic carbocycles. The van der Waals surface area contributed by atoms with E-state index in [-0.39, 0.29) is 11.3 Å². The monoisotopic (exact) mass is 480 g/mol.